The normalized spacial score (nSPS) is 10.8. The third-order valence-corrected chi connectivity index (χ3v) is 6.04. The number of methoxy groups -OCH3 is 1. The number of hydrogen-bond acceptors (Lipinski definition) is 8. The molecule has 11 heteroatoms. The Morgan fingerprint density at radius 1 is 0.833 bits per heavy atom. The van der Waals surface area contributed by atoms with Crippen LogP contribution in [0.25, 0.3) is 11.1 Å². The molecule has 0 fully saturated rings. The zero-order valence-electron chi connectivity index (χ0n) is 23.6. The van der Waals surface area contributed by atoms with Crippen LogP contribution in [0.4, 0.5) is 8.78 Å². The van der Waals surface area contributed by atoms with Crippen LogP contribution >= 0.6 is 0 Å². The van der Waals surface area contributed by atoms with Gasteiger partial charge in [-0.2, -0.15) is 0 Å². The molecule has 0 amide bonds. The van der Waals surface area contributed by atoms with Gasteiger partial charge in [0.2, 0.25) is 5.78 Å². The first-order chi connectivity index (χ1) is 20.4. The summed E-state index contributed by atoms with van der Waals surface area (Å²) in [5.74, 6) is 3.08. The standard InChI is InChI=1S/C31H34F2N2O7/c1-21-25(32)9-10-26(33)27(21)28-24(31(37)38-2)20-35-29(28)30(36)23-7-5-22(6-8-23)4-3-12-39-14-16-41-18-19-42-17-15-40-13-11-34/h5-10,20,35H,11-19,34H2,1-2H3. The molecule has 0 atom stereocenters. The highest BCUT2D eigenvalue weighted by Crippen LogP contribution is 2.35. The Morgan fingerprint density at radius 3 is 2.05 bits per heavy atom. The first kappa shape index (κ1) is 32.6. The molecule has 0 saturated heterocycles. The number of ether oxygens (including phenoxy) is 5. The van der Waals surface area contributed by atoms with E-state index in [1.807, 2.05) is 0 Å². The van der Waals surface area contributed by atoms with Gasteiger partial charge >= 0.3 is 5.97 Å². The molecule has 0 aliphatic heterocycles. The average molecular weight is 585 g/mol. The van der Waals surface area contributed by atoms with Crippen LogP contribution in [0.15, 0.2) is 42.6 Å². The molecule has 0 aliphatic rings. The van der Waals surface area contributed by atoms with Gasteiger partial charge in [-0.05, 0) is 48.9 Å². The van der Waals surface area contributed by atoms with Gasteiger partial charge in [0.15, 0.2) is 0 Å². The zero-order chi connectivity index (χ0) is 30.3. The van der Waals surface area contributed by atoms with E-state index in [4.69, 9.17) is 29.4 Å². The number of hydrogen-bond donors (Lipinski definition) is 2. The fourth-order valence-corrected chi connectivity index (χ4v) is 3.95. The molecule has 3 rings (SSSR count). The van der Waals surface area contributed by atoms with Crippen LogP contribution in [0.3, 0.4) is 0 Å². The lowest BCUT2D eigenvalue weighted by Crippen LogP contribution is -2.14. The molecule has 0 unspecified atom stereocenters. The Bertz CT molecular complexity index is 1390. The molecular weight excluding hydrogens is 550 g/mol. The second-order valence-electron chi connectivity index (χ2n) is 8.86. The summed E-state index contributed by atoms with van der Waals surface area (Å²) in [6, 6.07) is 8.36. The Morgan fingerprint density at radius 2 is 1.43 bits per heavy atom. The molecule has 1 aromatic heterocycles. The van der Waals surface area contributed by atoms with Crippen LogP contribution in [-0.4, -0.2) is 83.2 Å². The largest absolute Gasteiger partial charge is 0.465 e. The highest BCUT2D eigenvalue weighted by Gasteiger charge is 2.28. The van der Waals surface area contributed by atoms with Crippen molar-refractivity contribution in [3.8, 4) is 23.0 Å². The lowest BCUT2D eigenvalue weighted by Gasteiger charge is -2.12. The van der Waals surface area contributed by atoms with Crippen LogP contribution < -0.4 is 5.73 Å². The van der Waals surface area contributed by atoms with Crippen molar-refractivity contribution >= 4 is 11.8 Å². The Kier molecular flexibility index (Phi) is 13.3. The van der Waals surface area contributed by atoms with Crippen LogP contribution in [-0.2, 0) is 23.7 Å². The van der Waals surface area contributed by atoms with Gasteiger partial charge in [0.25, 0.3) is 0 Å². The van der Waals surface area contributed by atoms with Crippen molar-refractivity contribution in [1.29, 1.82) is 0 Å². The maximum absolute atomic E-state index is 14.9. The monoisotopic (exact) mass is 584 g/mol. The van der Waals surface area contributed by atoms with Crippen molar-refractivity contribution in [3.05, 3.63) is 82.2 Å². The number of carbonyl (C=O) groups is 2. The van der Waals surface area contributed by atoms with E-state index in [-0.39, 0.29) is 40.1 Å². The molecule has 3 N–H and O–H groups in total. The third kappa shape index (κ3) is 9.04. The summed E-state index contributed by atoms with van der Waals surface area (Å²) in [5.41, 5.74) is 5.79. The SMILES string of the molecule is COC(=O)c1c[nH]c(C(=O)c2ccc(C#CCOCCOCCOCCOCCN)cc2)c1-c1c(F)ccc(F)c1C. The minimum absolute atomic E-state index is 0.0394. The van der Waals surface area contributed by atoms with Gasteiger partial charge in [0.05, 0.1) is 64.6 Å². The molecule has 0 saturated carbocycles. The highest BCUT2D eigenvalue weighted by molar-refractivity contribution is 6.15. The molecule has 3 aromatic rings. The maximum atomic E-state index is 14.9. The van der Waals surface area contributed by atoms with Gasteiger partial charge in [-0.1, -0.05) is 11.8 Å². The summed E-state index contributed by atoms with van der Waals surface area (Å²) >= 11 is 0. The van der Waals surface area contributed by atoms with E-state index in [9.17, 15) is 18.4 Å². The van der Waals surface area contributed by atoms with Gasteiger partial charge in [0, 0.05) is 35.0 Å². The van der Waals surface area contributed by atoms with Gasteiger partial charge in [-0.15, -0.1) is 0 Å². The minimum Gasteiger partial charge on any atom is -0.465 e. The fraction of sp³-hybridized carbons (Fsp3) is 0.355. The molecule has 0 radical (unpaired) electrons. The van der Waals surface area contributed by atoms with Crippen molar-refractivity contribution in [2.24, 2.45) is 5.73 Å². The van der Waals surface area contributed by atoms with Crippen molar-refractivity contribution in [3.63, 3.8) is 0 Å². The number of nitrogens with two attached hydrogens (primary N) is 1. The van der Waals surface area contributed by atoms with Crippen LogP contribution in [0, 0.1) is 30.4 Å². The molecule has 224 valence electrons. The summed E-state index contributed by atoms with van der Waals surface area (Å²) < 4.78 is 55.4. The van der Waals surface area contributed by atoms with Crippen molar-refractivity contribution < 1.29 is 42.1 Å². The molecule has 2 aromatic carbocycles. The topological polar surface area (TPSA) is 122 Å². The number of aromatic nitrogens is 1. The van der Waals surface area contributed by atoms with Crippen molar-refractivity contribution in [2.45, 2.75) is 6.92 Å². The van der Waals surface area contributed by atoms with Gasteiger partial charge < -0.3 is 34.4 Å². The lowest BCUT2D eigenvalue weighted by molar-refractivity contribution is 0.00223. The van der Waals surface area contributed by atoms with E-state index < -0.39 is 23.4 Å². The maximum Gasteiger partial charge on any atom is 0.340 e. The predicted molar refractivity (Wildman–Crippen MR) is 151 cm³/mol. The molecular formula is C31H34F2N2O7. The smallest absolute Gasteiger partial charge is 0.340 e. The highest BCUT2D eigenvalue weighted by atomic mass is 19.1. The Hall–Kier alpha value is -3.92. The van der Waals surface area contributed by atoms with Crippen molar-refractivity contribution in [1.82, 2.24) is 4.98 Å². The van der Waals surface area contributed by atoms with Gasteiger partial charge in [-0.25, -0.2) is 13.6 Å². The molecule has 1 heterocycles. The first-order valence-corrected chi connectivity index (χ1v) is 13.3. The molecule has 42 heavy (non-hydrogen) atoms. The number of benzene rings is 2. The second kappa shape index (κ2) is 17.1. The summed E-state index contributed by atoms with van der Waals surface area (Å²) in [7, 11) is 1.16. The van der Waals surface area contributed by atoms with E-state index in [2.05, 4.69) is 16.8 Å². The minimum atomic E-state index is -0.794. The number of esters is 1. The van der Waals surface area contributed by atoms with Crippen LogP contribution in [0.5, 0.6) is 0 Å². The molecule has 0 spiro atoms. The number of H-pyrrole nitrogens is 1. The molecule has 9 nitrogen and oxygen atoms in total. The number of nitrogens with one attached hydrogen (secondary N) is 1. The number of ketones is 1. The lowest BCUT2D eigenvalue weighted by atomic mass is 9.93. The van der Waals surface area contributed by atoms with E-state index in [1.54, 1.807) is 24.3 Å². The number of aromatic amines is 1. The molecule has 0 aliphatic carbocycles. The van der Waals surface area contributed by atoms with Gasteiger partial charge in [0.1, 0.15) is 18.2 Å². The number of rotatable bonds is 16. The summed E-state index contributed by atoms with van der Waals surface area (Å²) in [6.45, 7) is 5.25. The predicted octanol–water partition coefficient (Wildman–Crippen LogP) is 3.66. The van der Waals surface area contributed by atoms with E-state index in [0.717, 1.165) is 19.2 Å². The number of halogens is 2. The number of carbonyl (C=O) groups excluding carboxylic acids is 2. The van der Waals surface area contributed by atoms with E-state index in [0.29, 0.717) is 58.4 Å². The Balaban J connectivity index is 1.55. The van der Waals surface area contributed by atoms with Crippen LogP contribution in [0.2, 0.25) is 0 Å². The molecule has 0 bridgehead atoms. The van der Waals surface area contributed by atoms with Crippen molar-refractivity contribution in [2.75, 3.05) is 66.5 Å². The van der Waals surface area contributed by atoms with E-state index >= 15 is 0 Å². The van der Waals surface area contributed by atoms with Gasteiger partial charge in [-0.3, -0.25) is 4.79 Å². The zero-order valence-corrected chi connectivity index (χ0v) is 23.6. The average Bonchev–Trinajstić information content (AvgIpc) is 3.43. The Labute approximate surface area is 243 Å². The summed E-state index contributed by atoms with van der Waals surface area (Å²) in [4.78, 5) is 28.5. The van der Waals surface area contributed by atoms with E-state index in [1.165, 1.54) is 13.1 Å². The second-order valence-corrected chi connectivity index (χ2v) is 8.86. The van der Waals surface area contributed by atoms with Crippen LogP contribution in [0.1, 0.15) is 37.5 Å². The third-order valence-electron chi connectivity index (χ3n) is 6.04. The first-order valence-electron chi connectivity index (χ1n) is 13.3. The fourth-order valence-electron chi connectivity index (χ4n) is 3.95. The summed E-state index contributed by atoms with van der Waals surface area (Å²) in [6.07, 6.45) is 1.25. The quantitative estimate of drug-likeness (QED) is 0.113. The summed E-state index contributed by atoms with van der Waals surface area (Å²) in [5, 5.41) is 0.